The van der Waals surface area contributed by atoms with Gasteiger partial charge in [0.25, 0.3) is 0 Å². The molecule has 0 aliphatic carbocycles. The predicted octanol–water partition coefficient (Wildman–Crippen LogP) is 5.12. The van der Waals surface area contributed by atoms with E-state index in [1.54, 1.807) is 24.5 Å². The van der Waals surface area contributed by atoms with E-state index < -0.39 is 17.6 Å². The second-order valence-corrected chi connectivity index (χ2v) is 8.81. The lowest BCUT2D eigenvalue weighted by Gasteiger charge is -2.36. The fourth-order valence-corrected chi connectivity index (χ4v) is 4.43. The van der Waals surface area contributed by atoms with Crippen LogP contribution in [-0.2, 0) is 0 Å². The van der Waals surface area contributed by atoms with Crippen molar-refractivity contribution in [2.24, 2.45) is 5.16 Å². The van der Waals surface area contributed by atoms with Crippen LogP contribution in [0.4, 0.5) is 14.6 Å². The quantitative estimate of drug-likeness (QED) is 0.291. The molecule has 1 unspecified atom stereocenters. The smallest absolute Gasteiger partial charge is 0.129 e. The molecule has 0 bridgehead atoms. The van der Waals surface area contributed by atoms with Crippen LogP contribution in [0, 0.1) is 18.6 Å². The van der Waals surface area contributed by atoms with Gasteiger partial charge in [0, 0.05) is 73.9 Å². The Morgan fingerprint density at radius 2 is 1.86 bits per heavy atom. The minimum absolute atomic E-state index is 0.195. The Morgan fingerprint density at radius 3 is 2.46 bits per heavy atom. The van der Waals surface area contributed by atoms with Crippen LogP contribution in [0.25, 0.3) is 0 Å². The number of halogens is 2. The van der Waals surface area contributed by atoms with Crippen LogP contribution in [-0.4, -0.2) is 52.0 Å². The summed E-state index contributed by atoms with van der Waals surface area (Å²) in [5, 5.41) is 13.3. The van der Waals surface area contributed by atoms with Crippen LogP contribution in [0.5, 0.6) is 0 Å². The topological polar surface area (TPSA) is 64.8 Å². The van der Waals surface area contributed by atoms with E-state index in [4.69, 9.17) is 0 Å². The van der Waals surface area contributed by atoms with Gasteiger partial charge in [-0.05, 0) is 49.2 Å². The van der Waals surface area contributed by atoms with Gasteiger partial charge in [-0.1, -0.05) is 23.9 Å². The fraction of sp³-hybridized carbons (Fsp3) is 0.296. The van der Waals surface area contributed by atoms with Crippen LogP contribution >= 0.6 is 0 Å². The number of pyridine rings is 2. The van der Waals surface area contributed by atoms with Gasteiger partial charge in [0.1, 0.15) is 17.5 Å². The molecule has 2 aromatic heterocycles. The lowest BCUT2D eigenvalue weighted by atomic mass is 9.86. The number of nitrogens with zero attached hydrogens (tertiary/aromatic N) is 5. The number of aromatic nitrogens is 2. The summed E-state index contributed by atoms with van der Waals surface area (Å²) >= 11 is 0. The van der Waals surface area contributed by atoms with Gasteiger partial charge in [-0.2, -0.15) is 0 Å². The van der Waals surface area contributed by atoms with E-state index >= 15 is 0 Å². The molecular weight excluding hydrogens is 448 g/mol. The Balaban J connectivity index is 1.63. The van der Waals surface area contributed by atoms with Crippen LogP contribution in [0.15, 0.2) is 72.3 Å². The minimum Gasteiger partial charge on any atom is -0.411 e. The monoisotopic (exact) mass is 477 g/mol. The molecule has 182 valence electrons. The molecule has 0 radical (unpaired) electrons. The molecule has 1 fully saturated rings. The number of hydrogen-bond acceptors (Lipinski definition) is 6. The number of piperazine rings is 1. The Morgan fingerprint density at radius 1 is 1.09 bits per heavy atom. The van der Waals surface area contributed by atoms with E-state index in [1.807, 2.05) is 26.0 Å². The van der Waals surface area contributed by atoms with Gasteiger partial charge in [0.05, 0.1) is 5.71 Å². The van der Waals surface area contributed by atoms with Gasteiger partial charge in [-0.25, -0.2) is 13.8 Å². The molecule has 3 aromatic rings. The molecule has 0 spiro atoms. The zero-order chi connectivity index (χ0) is 24.9. The van der Waals surface area contributed by atoms with E-state index in [0.29, 0.717) is 16.8 Å². The Labute approximate surface area is 204 Å². The molecule has 1 N–H and O–H groups in total. The van der Waals surface area contributed by atoms with Gasteiger partial charge in [-0.3, -0.25) is 4.98 Å². The third kappa shape index (κ3) is 5.65. The Bertz CT molecular complexity index is 1220. The summed E-state index contributed by atoms with van der Waals surface area (Å²) in [5.41, 5.74) is 3.94. The van der Waals surface area contributed by atoms with Crippen molar-refractivity contribution in [3.63, 3.8) is 0 Å². The lowest BCUT2D eigenvalue weighted by Crippen LogP contribution is -2.45. The number of rotatable bonds is 7. The average molecular weight is 478 g/mol. The molecule has 1 atom stereocenters. The van der Waals surface area contributed by atoms with Crippen LogP contribution in [0.3, 0.4) is 0 Å². The number of anilines is 1. The first kappa shape index (κ1) is 24.3. The largest absolute Gasteiger partial charge is 0.411 e. The fourth-order valence-electron chi connectivity index (χ4n) is 4.43. The van der Waals surface area contributed by atoms with Crippen molar-refractivity contribution in [3.05, 3.63) is 101 Å². The van der Waals surface area contributed by atoms with Crippen molar-refractivity contribution in [2.45, 2.75) is 26.2 Å². The van der Waals surface area contributed by atoms with Gasteiger partial charge >= 0.3 is 0 Å². The summed E-state index contributed by atoms with van der Waals surface area (Å²) in [6.45, 7) is 11.3. The van der Waals surface area contributed by atoms with Crippen LogP contribution in [0.1, 0.15) is 41.6 Å². The summed E-state index contributed by atoms with van der Waals surface area (Å²) in [7, 11) is 0. The Kier molecular flexibility index (Phi) is 7.39. The van der Waals surface area contributed by atoms with Crippen molar-refractivity contribution in [1.29, 1.82) is 0 Å². The van der Waals surface area contributed by atoms with E-state index in [-0.39, 0.29) is 6.42 Å². The van der Waals surface area contributed by atoms with Gasteiger partial charge in [0.15, 0.2) is 0 Å². The van der Waals surface area contributed by atoms with Crippen LogP contribution < -0.4 is 4.90 Å². The summed E-state index contributed by atoms with van der Waals surface area (Å²) in [5.74, 6) is -0.989. The Hall–Kier alpha value is -3.81. The molecule has 3 heterocycles. The summed E-state index contributed by atoms with van der Waals surface area (Å²) in [6.07, 6.45) is 3.55. The molecule has 0 amide bonds. The SMILES string of the molecule is C=C(C)N1CCN(c2ccc(C(C/C(=N\O)c3ccnc(C)c3)c3ccc(F)cc3F)cn2)CC1. The van der Waals surface area contributed by atoms with Gasteiger partial charge in [0.2, 0.25) is 0 Å². The third-order valence-corrected chi connectivity index (χ3v) is 6.40. The molecule has 6 nitrogen and oxygen atoms in total. The van der Waals surface area contributed by atoms with Crippen molar-refractivity contribution in [3.8, 4) is 0 Å². The third-order valence-electron chi connectivity index (χ3n) is 6.40. The van der Waals surface area contributed by atoms with E-state index in [9.17, 15) is 14.0 Å². The maximum absolute atomic E-state index is 14.9. The lowest BCUT2D eigenvalue weighted by molar-refractivity contribution is 0.317. The molecule has 35 heavy (non-hydrogen) atoms. The summed E-state index contributed by atoms with van der Waals surface area (Å²) in [4.78, 5) is 13.3. The molecular formula is C27H29F2N5O. The van der Waals surface area contributed by atoms with Crippen molar-refractivity contribution >= 4 is 11.5 Å². The highest BCUT2D eigenvalue weighted by molar-refractivity contribution is 6.00. The molecule has 4 rings (SSSR count). The summed E-state index contributed by atoms with van der Waals surface area (Å²) in [6, 6.07) is 10.9. The van der Waals surface area contributed by atoms with Crippen molar-refractivity contribution in [1.82, 2.24) is 14.9 Å². The highest BCUT2D eigenvalue weighted by atomic mass is 19.1. The maximum Gasteiger partial charge on any atom is 0.129 e. The molecule has 8 heteroatoms. The molecule has 0 saturated carbocycles. The summed E-state index contributed by atoms with van der Waals surface area (Å²) < 4.78 is 28.5. The zero-order valence-corrected chi connectivity index (χ0v) is 20.0. The average Bonchev–Trinajstić information content (AvgIpc) is 2.86. The predicted molar refractivity (Wildman–Crippen MR) is 133 cm³/mol. The standard InChI is InChI=1S/C27H29F2N5O/c1-18(2)33-10-12-34(13-11-33)27-7-4-21(17-31-27)24(23-6-5-22(28)15-25(23)29)16-26(32-35)20-8-9-30-19(3)14-20/h4-9,14-15,17,24,35H,1,10-13,16H2,2-3H3/b32-26+. The second-order valence-electron chi connectivity index (χ2n) is 8.81. The molecule has 1 saturated heterocycles. The van der Waals surface area contributed by atoms with E-state index in [2.05, 4.69) is 31.5 Å². The number of allylic oxidation sites excluding steroid dienone is 1. The van der Waals surface area contributed by atoms with Crippen molar-refractivity contribution in [2.75, 3.05) is 31.1 Å². The number of oxime groups is 1. The number of hydrogen-bond donors (Lipinski definition) is 1. The first-order valence-corrected chi connectivity index (χ1v) is 11.6. The highest BCUT2D eigenvalue weighted by Crippen LogP contribution is 2.32. The first-order chi connectivity index (χ1) is 16.9. The zero-order valence-electron chi connectivity index (χ0n) is 20.0. The molecule has 1 aromatic carbocycles. The second kappa shape index (κ2) is 10.6. The van der Waals surface area contributed by atoms with Gasteiger partial charge < -0.3 is 15.0 Å². The molecule has 1 aliphatic heterocycles. The highest BCUT2D eigenvalue weighted by Gasteiger charge is 2.24. The normalized spacial score (nSPS) is 15.3. The van der Waals surface area contributed by atoms with Crippen molar-refractivity contribution < 1.29 is 14.0 Å². The van der Waals surface area contributed by atoms with Crippen LogP contribution in [0.2, 0.25) is 0 Å². The maximum atomic E-state index is 14.9. The number of benzene rings is 1. The number of aryl methyl sites for hydroxylation is 1. The first-order valence-electron chi connectivity index (χ1n) is 11.6. The van der Waals surface area contributed by atoms with E-state index in [1.165, 1.54) is 12.1 Å². The van der Waals surface area contributed by atoms with E-state index in [0.717, 1.165) is 55.0 Å². The molecule has 1 aliphatic rings. The minimum atomic E-state index is -0.654. The van der Waals surface area contributed by atoms with Gasteiger partial charge in [-0.15, -0.1) is 0 Å².